The molecule has 3 amide bonds. The van der Waals surface area contributed by atoms with E-state index in [1.807, 2.05) is 23.6 Å². The van der Waals surface area contributed by atoms with Crippen LogP contribution in [-0.4, -0.2) is 95.9 Å². The van der Waals surface area contributed by atoms with E-state index in [1.54, 1.807) is 19.0 Å². The van der Waals surface area contributed by atoms with Crippen molar-refractivity contribution in [1.29, 1.82) is 0 Å². The SMILES string of the molecule is Cc1nc(C)c(C(=O)N2CCC(N(CCN3CCCCC3)C(=O)N(C)C)C2)s1. The number of aromatic nitrogens is 1. The van der Waals surface area contributed by atoms with E-state index in [9.17, 15) is 9.59 Å². The third-order valence-corrected chi connectivity index (χ3v) is 6.78. The van der Waals surface area contributed by atoms with Crippen molar-refractivity contribution >= 4 is 23.3 Å². The van der Waals surface area contributed by atoms with Crippen LogP contribution in [0.5, 0.6) is 0 Å². The summed E-state index contributed by atoms with van der Waals surface area (Å²) in [6.45, 7) is 9.02. The number of amides is 3. The Kier molecular flexibility index (Phi) is 6.93. The third-order valence-electron chi connectivity index (χ3n) is 5.72. The van der Waals surface area contributed by atoms with Crippen LogP contribution in [0, 0.1) is 13.8 Å². The topological polar surface area (TPSA) is 60.0 Å². The van der Waals surface area contributed by atoms with Crippen LogP contribution < -0.4 is 0 Å². The number of thiazole rings is 1. The zero-order valence-electron chi connectivity index (χ0n) is 17.6. The molecule has 2 aliphatic heterocycles. The zero-order chi connectivity index (χ0) is 20.3. The average Bonchev–Trinajstić information content (AvgIpc) is 3.28. The Hall–Kier alpha value is -1.67. The predicted octanol–water partition coefficient (Wildman–Crippen LogP) is 2.44. The number of carbonyl (C=O) groups excluding carboxylic acids is 2. The highest BCUT2D eigenvalue weighted by Gasteiger charge is 2.35. The molecule has 0 saturated carbocycles. The highest BCUT2D eigenvalue weighted by molar-refractivity contribution is 7.13. The van der Waals surface area contributed by atoms with Gasteiger partial charge in [0.05, 0.1) is 16.7 Å². The maximum Gasteiger partial charge on any atom is 0.319 e. The lowest BCUT2D eigenvalue weighted by molar-refractivity contribution is 0.0777. The summed E-state index contributed by atoms with van der Waals surface area (Å²) < 4.78 is 0. The fourth-order valence-electron chi connectivity index (χ4n) is 4.18. The average molecular weight is 408 g/mol. The van der Waals surface area contributed by atoms with Gasteiger partial charge in [0.15, 0.2) is 0 Å². The number of hydrogen-bond donors (Lipinski definition) is 0. The van der Waals surface area contributed by atoms with Crippen molar-refractivity contribution in [3.8, 4) is 0 Å². The summed E-state index contributed by atoms with van der Waals surface area (Å²) in [7, 11) is 3.61. The second-order valence-corrected chi connectivity index (χ2v) is 9.32. The molecule has 0 spiro atoms. The molecule has 2 aliphatic rings. The molecule has 156 valence electrons. The highest BCUT2D eigenvalue weighted by Crippen LogP contribution is 2.24. The molecule has 0 aromatic carbocycles. The molecule has 1 unspecified atom stereocenters. The van der Waals surface area contributed by atoms with E-state index < -0.39 is 0 Å². The summed E-state index contributed by atoms with van der Waals surface area (Å²) in [5.41, 5.74) is 0.808. The van der Waals surface area contributed by atoms with Gasteiger partial charge in [-0.25, -0.2) is 9.78 Å². The van der Waals surface area contributed by atoms with Crippen LogP contribution >= 0.6 is 11.3 Å². The normalized spacial score (nSPS) is 20.4. The molecular weight excluding hydrogens is 374 g/mol. The van der Waals surface area contributed by atoms with Crippen molar-refractivity contribution in [3.63, 3.8) is 0 Å². The molecule has 7 nitrogen and oxygen atoms in total. The van der Waals surface area contributed by atoms with Gasteiger partial charge in [0.25, 0.3) is 5.91 Å². The largest absolute Gasteiger partial charge is 0.336 e. The van der Waals surface area contributed by atoms with E-state index in [1.165, 1.54) is 30.6 Å². The van der Waals surface area contributed by atoms with E-state index in [-0.39, 0.29) is 18.0 Å². The molecule has 2 fully saturated rings. The van der Waals surface area contributed by atoms with Crippen LogP contribution in [0.15, 0.2) is 0 Å². The van der Waals surface area contributed by atoms with Gasteiger partial charge in [-0.2, -0.15) is 0 Å². The summed E-state index contributed by atoms with van der Waals surface area (Å²) in [5.74, 6) is 0.0545. The van der Waals surface area contributed by atoms with Gasteiger partial charge in [-0.15, -0.1) is 11.3 Å². The molecule has 1 aromatic rings. The molecule has 3 heterocycles. The second kappa shape index (κ2) is 9.22. The minimum atomic E-state index is 0.0427. The Morgan fingerprint density at radius 2 is 1.86 bits per heavy atom. The smallest absolute Gasteiger partial charge is 0.319 e. The number of aryl methyl sites for hydroxylation is 2. The summed E-state index contributed by atoms with van der Waals surface area (Å²) >= 11 is 1.46. The van der Waals surface area contributed by atoms with Crippen LogP contribution in [0.2, 0.25) is 0 Å². The van der Waals surface area contributed by atoms with E-state index in [4.69, 9.17) is 0 Å². The van der Waals surface area contributed by atoms with Crippen LogP contribution in [-0.2, 0) is 0 Å². The molecule has 3 rings (SSSR count). The monoisotopic (exact) mass is 407 g/mol. The third kappa shape index (κ3) is 4.84. The Morgan fingerprint density at radius 1 is 1.14 bits per heavy atom. The molecule has 8 heteroatoms. The number of likely N-dealkylation sites (tertiary alicyclic amines) is 2. The van der Waals surface area contributed by atoms with Crippen molar-refractivity contribution in [1.82, 2.24) is 24.6 Å². The Morgan fingerprint density at radius 3 is 2.46 bits per heavy atom. The fraction of sp³-hybridized carbons (Fsp3) is 0.750. The first-order valence-electron chi connectivity index (χ1n) is 10.3. The van der Waals surface area contributed by atoms with E-state index >= 15 is 0 Å². The summed E-state index contributed by atoms with van der Waals surface area (Å²) in [6, 6.07) is 0.124. The number of hydrogen-bond acceptors (Lipinski definition) is 5. The molecule has 1 aromatic heterocycles. The predicted molar refractivity (Wildman–Crippen MR) is 112 cm³/mol. The molecule has 0 radical (unpaired) electrons. The first-order chi connectivity index (χ1) is 13.4. The van der Waals surface area contributed by atoms with Crippen LogP contribution in [0.4, 0.5) is 4.79 Å². The highest BCUT2D eigenvalue weighted by atomic mass is 32.1. The number of urea groups is 1. The molecular formula is C20H33N5O2S. The van der Waals surface area contributed by atoms with Gasteiger partial charge < -0.3 is 19.6 Å². The van der Waals surface area contributed by atoms with Crippen LogP contribution in [0.3, 0.4) is 0 Å². The van der Waals surface area contributed by atoms with Crippen molar-refractivity contribution < 1.29 is 9.59 Å². The van der Waals surface area contributed by atoms with Gasteiger partial charge in [0.2, 0.25) is 0 Å². The minimum Gasteiger partial charge on any atom is -0.336 e. The summed E-state index contributed by atoms with van der Waals surface area (Å²) in [4.78, 5) is 38.9. The zero-order valence-corrected chi connectivity index (χ0v) is 18.4. The van der Waals surface area contributed by atoms with E-state index in [0.29, 0.717) is 13.1 Å². The lowest BCUT2D eigenvalue weighted by Gasteiger charge is -2.34. The molecule has 2 saturated heterocycles. The Labute approximate surface area is 172 Å². The number of piperidine rings is 1. The second-order valence-electron chi connectivity index (χ2n) is 8.11. The van der Waals surface area contributed by atoms with Gasteiger partial charge >= 0.3 is 6.03 Å². The quantitative estimate of drug-likeness (QED) is 0.752. The molecule has 1 atom stereocenters. The minimum absolute atomic E-state index is 0.0427. The van der Waals surface area contributed by atoms with Gasteiger partial charge in [-0.3, -0.25) is 4.79 Å². The van der Waals surface area contributed by atoms with Crippen molar-refractivity contribution in [2.24, 2.45) is 0 Å². The van der Waals surface area contributed by atoms with Crippen LogP contribution in [0.1, 0.15) is 46.1 Å². The fourth-order valence-corrected chi connectivity index (χ4v) is 5.07. The Balaban J connectivity index is 1.64. The number of carbonyl (C=O) groups is 2. The standard InChI is InChI=1S/C20H33N5O2S/c1-15-18(28-16(2)21-15)19(26)24-11-8-17(14-24)25(20(27)22(3)4)13-12-23-9-6-5-7-10-23/h17H,5-14H2,1-4H3. The van der Waals surface area contributed by atoms with Crippen LogP contribution in [0.25, 0.3) is 0 Å². The molecule has 28 heavy (non-hydrogen) atoms. The van der Waals surface area contributed by atoms with Gasteiger partial charge in [0, 0.05) is 40.3 Å². The molecule has 0 aliphatic carbocycles. The Bertz CT molecular complexity index is 699. The van der Waals surface area contributed by atoms with E-state index in [0.717, 1.165) is 48.2 Å². The number of rotatable bonds is 5. The van der Waals surface area contributed by atoms with Gasteiger partial charge in [-0.1, -0.05) is 6.42 Å². The maximum absolute atomic E-state index is 12.9. The summed E-state index contributed by atoms with van der Waals surface area (Å²) in [5, 5.41) is 0.919. The number of nitrogens with zero attached hydrogens (tertiary/aromatic N) is 5. The lowest BCUT2D eigenvalue weighted by atomic mass is 10.1. The van der Waals surface area contributed by atoms with Gasteiger partial charge in [-0.05, 0) is 46.2 Å². The lowest BCUT2D eigenvalue weighted by Crippen LogP contribution is -2.50. The van der Waals surface area contributed by atoms with Gasteiger partial charge in [0.1, 0.15) is 4.88 Å². The molecule has 0 N–H and O–H groups in total. The summed E-state index contributed by atoms with van der Waals surface area (Å²) in [6.07, 6.45) is 4.65. The first-order valence-corrected chi connectivity index (χ1v) is 11.1. The maximum atomic E-state index is 12.9. The van der Waals surface area contributed by atoms with Crippen molar-refractivity contribution in [2.75, 3.05) is 53.4 Å². The first kappa shape index (κ1) is 21.0. The van der Waals surface area contributed by atoms with E-state index in [2.05, 4.69) is 9.88 Å². The molecule has 0 bridgehead atoms. The van der Waals surface area contributed by atoms with Crippen molar-refractivity contribution in [2.45, 2.75) is 45.6 Å². The van der Waals surface area contributed by atoms with Crippen molar-refractivity contribution in [3.05, 3.63) is 15.6 Å².